The van der Waals surface area contributed by atoms with Crippen molar-refractivity contribution in [1.82, 2.24) is 29.9 Å². The minimum absolute atomic E-state index is 0. The van der Waals surface area contributed by atoms with Crippen molar-refractivity contribution in [2.45, 2.75) is 0 Å². The van der Waals surface area contributed by atoms with Gasteiger partial charge in [-0.1, -0.05) is 78.2 Å². The van der Waals surface area contributed by atoms with E-state index in [9.17, 15) is 0 Å². The fourth-order valence-electron chi connectivity index (χ4n) is 5.04. The number of pyridine rings is 6. The van der Waals surface area contributed by atoms with Crippen molar-refractivity contribution in [2.75, 3.05) is 0 Å². The third kappa shape index (κ3) is 7.28. The van der Waals surface area contributed by atoms with E-state index < -0.39 is 0 Å². The van der Waals surface area contributed by atoms with Crippen molar-refractivity contribution in [2.24, 2.45) is 0 Å². The van der Waals surface area contributed by atoms with E-state index in [4.69, 9.17) is 5.26 Å². The Labute approximate surface area is 298 Å². The van der Waals surface area contributed by atoms with Crippen LogP contribution in [0.3, 0.4) is 0 Å². The van der Waals surface area contributed by atoms with E-state index >= 15 is 0 Å². The van der Waals surface area contributed by atoms with Crippen LogP contribution in [0.5, 0.6) is 0 Å². The molecule has 9 heteroatoms. The number of aromatic nitrogens is 6. The molecule has 0 N–H and O–H groups in total. The third-order valence-electron chi connectivity index (χ3n) is 7.03. The Bertz CT molecular complexity index is 2020. The summed E-state index contributed by atoms with van der Waals surface area (Å²) in [5.74, 6) is 0. The molecule has 0 bridgehead atoms. The zero-order valence-corrected chi connectivity index (χ0v) is 28.9. The fraction of sp³-hybridized carbons (Fsp3) is 0. The topological polar surface area (TPSA) is 101 Å². The maximum Gasteiger partial charge on any atom is 3.00 e. The molecular formula is C37H24LaN7S+2. The number of benzene rings is 3. The second kappa shape index (κ2) is 15.8. The van der Waals surface area contributed by atoms with Crippen LogP contribution in [-0.2, 0) is 12.6 Å². The van der Waals surface area contributed by atoms with Gasteiger partial charge in [0.2, 0.25) is 0 Å². The Kier molecular flexibility index (Phi) is 11.2. The Balaban J connectivity index is 0.000000129. The van der Waals surface area contributed by atoms with Gasteiger partial charge in [-0.05, 0) is 36.4 Å². The molecule has 6 aromatic heterocycles. The molecule has 0 fully saturated rings. The molecule has 46 heavy (non-hydrogen) atoms. The first-order valence-electron chi connectivity index (χ1n) is 14.0. The second-order valence-electron chi connectivity index (χ2n) is 9.74. The maximum absolute atomic E-state index is 7.13. The van der Waals surface area contributed by atoms with Gasteiger partial charge in [-0.2, -0.15) is 0 Å². The summed E-state index contributed by atoms with van der Waals surface area (Å²) in [6, 6.07) is 36.4. The molecule has 0 saturated heterocycles. The first kappa shape index (κ1) is 32.4. The summed E-state index contributed by atoms with van der Waals surface area (Å²) in [5.41, 5.74) is 5.86. The number of thiocyanates is 1. The largest absolute Gasteiger partial charge is 3.00 e. The van der Waals surface area contributed by atoms with Crippen LogP contribution in [0.25, 0.3) is 65.4 Å². The van der Waals surface area contributed by atoms with Crippen LogP contribution in [0.15, 0.2) is 146 Å². The smallest absolute Gasteiger partial charge is 0.696 e. The van der Waals surface area contributed by atoms with Gasteiger partial charge in [0, 0.05) is 69.5 Å². The molecule has 0 aliphatic carbocycles. The predicted molar refractivity (Wildman–Crippen MR) is 184 cm³/mol. The van der Waals surface area contributed by atoms with E-state index in [-0.39, 0.29) is 35.6 Å². The van der Waals surface area contributed by atoms with Gasteiger partial charge in [-0.3, -0.25) is 29.9 Å². The van der Waals surface area contributed by atoms with E-state index in [1.54, 1.807) is 37.2 Å². The molecule has 0 spiro atoms. The van der Waals surface area contributed by atoms with E-state index in [0.717, 1.165) is 65.4 Å². The molecule has 214 valence electrons. The zero-order chi connectivity index (χ0) is 30.8. The molecular weight excluding hydrogens is 713 g/mol. The molecule has 0 atom stereocenters. The van der Waals surface area contributed by atoms with Gasteiger partial charge in [0.1, 0.15) is 0 Å². The molecule has 3 aromatic carbocycles. The van der Waals surface area contributed by atoms with Gasteiger partial charge in [-0.15, -0.1) is 0 Å². The summed E-state index contributed by atoms with van der Waals surface area (Å²) in [7, 11) is 0. The van der Waals surface area contributed by atoms with Crippen LogP contribution in [0, 0.1) is 46.3 Å². The monoisotopic (exact) mass is 737 g/mol. The first-order valence-corrected chi connectivity index (χ1v) is 14.4. The minimum Gasteiger partial charge on any atom is -0.696 e. The quantitative estimate of drug-likeness (QED) is 0.0870. The fourth-order valence-corrected chi connectivity index (χ4v) is 5.04. The van der Waals surface area contributed by atoms with Gasteiger partial charge in [-0.25, -0.2) is 5.26 Å². The molecule has 9 aromatic rings. The summed E-state index contributed by atoms with van der Waals surface area (Å²) in [6.07, 6.45) is 10.8. The Hall–Kier alpha value is -4.98. The van der Waals surface area contributed by atoms with Crippen LogP contribution < -0.4 is 0 Å². The van der Waals surface area contributed by atoms with E-state index in [0.29, 0.717) is 0 Å². The van der Waals surface area contributed by atoms with Gasteiger partial charge in [0.05, 0.1) is 33.1 Å². The minimum atomic E-state index is 0. The van der Waals surface area contributed by atoms with E-state index in [2.05, 4.69) is 115 Å². The summed E-state index contributed by atoms with van der Waals surface area (Å²) < 4.78 is 0. The Morgan fingerprint density at radius 1 is 0.348 bits per heavy atom. The molecule has 6 heterocycles. The van der Waals surface area contributed by atoms with Crippen LogP contribution in [0.4, 0.5) is 0 Å². The van der Waals surface area contributed by atoms with Crippen molar-refractivity contribution >= 4 is 78.0 Å². The summed E-state index contributed by atoms with van der Waals surface area (Å²) in [4.78, 5) is 26.1. The van der Waals surface area contributed by atoms with Crippen LogP contribution >= 0.6 is 0 Å². The second-order valence-corrected chi connectivity index (χ2v) is 9.92. The molecule has 0 aliphatic heterocycles. The van der Waals surface area contributed by atoms with Crippen molar-refractivity contribution in [3.05, 3.63) is 146 Å². The standard InChI is InChI=1S/3C12H8N2.CHNS.La/c3*1-3-9-5-6-10-4-2-8-14-12(10)11(9)13-7-1;2-1-3;/h3*1-8H;3H;/q;;;;+3/p-1. The van der Waals surface area contributed by atoms with Gasteiger partial charge in [0.15, 0.2) is 0 Å². The van der Waals surface area contributed by atoms with Gasteiger partial charge < -0.3 is 12.6 Å². The molecule has 0 radical (unpaired) electrons. The van der Waals surface area contributed by atoms with Gasteiger partial charge in [0.25, 0.3) is 0 Å². The zero-order valence-electron chi connectivity index (χ0n) is 24.5. The number of rotatable bonds is 0. The van der Waals surface area contributed by atoms with Crippen molar-refractivity contribution < 1.29 is 35.6 Å². The predicted octanol–water partition coefficient (Wildman–Crippen LogP) is 8.36. The van der Waals surface area contributed by atoms with Crippen LogP contribution in [-0.4, -0.2) is 29.9 Å². The van der Waals surface area contributed by atoms with Crippen molar-refractivity contribution in [3.8, 4) is 5.40 Å². The number of fused-ring (bicyclic) bond motifs is 9. The number of nitriles is 1. The summed E-state index contributed by atoms with van der Waals surface area (Å²) >= 11 is 3.70. The normalized spacial score (nSPS) is 10.1. The third-order valence-corrected chi connectivity index (χ3v) is 7.03. The molecule has 0 aliphatic rings. The Morgan fingerprint density at radius 2 is 0.500 bits per heavy atom. The van der Waals surface area contributed by atoms with Gasteiger partial charge >= 0.3 is 35.6 Å². The molecule has 0 amide bonds. The van der Waals surface area contributed by atoms with Crippen LogP contribution in [0.1, 0.15) is 0 Å². The SMILES string of the molecule is N#C[S-].[La+3].c1cnc2c(c1)ccc1cccnc12.c1cnc2c(c1)ccc1cccnc12.c1cnc2c(c1)ccc1cccnc12. The average Bonchev–Trinajstić information content (AvgIpc) is 3.12. The Morgan fingerprint density at radius 3 is 0.652 bits per heavy atom. The first-order chi connectivity index (χ1) is 22.3. The summed E-state index contributed by atoms with van der Waals surface area (Å²) in [5, 5.41) is 15.3. The van der Waals surface area contributed by atoms with E-state index in [1.807, 2.05) is 36.4 Å². The maximum atomic E-state index is 7.13. The summed E-state index contributed by atoms with van der Waals surface area (Å²) in [6.45, 7) is 0. The molecule has 0 unspecified atom stereocenters. The number of hydrogen-bond acceptors (Lipinski definition) is 8. The van der Waals surface area contributed by atoms with Crippen molar-refractivity contribution in [1.29, 1.82) is 5.26 Å². The number of nitrogens with zero attached hydrogens (tertiary/aromatic N) is 7. The molecule has 7 nitrogen and oxygen atoms in total. The average molecular weight is 738 g/mol. The number of hydrogen-bond donors (Lipinski definition) is 0. The van der Waals surface area contributed by atoms with E-state index in [1.165, 1.54) is 5.40 Å². The molecule has 9 rings (SSSR count). The van der Waals surface area contributed by atoms with Crippen molar-refractivity contribution in [3.63, 3.8) is 0 Å². The molecule has 0 saturated carbocycles. The van der Waals surface area contributed by atoms with Crippen LogP contribution in [0.2, 0.25) is 0 Å².